The molecule has 5 aliphatic rings. The fourth-order valence-corrected chi connectivity index (χ4v) is 11.8. The van der Waals surface area contributed by atoms with E-state index in [9.17, 15) is 0 Å². The Morgan fingerprint density at radius 2 is 0.986 bits per heavy atom. The maximum Gasteiger partial charge on any atom is 0.146 e. The highest BCUT2D eigenvalue weighted by atomic mass is 15.2. The molecule has 0 amide bonds. The number of aromatic nitrogens is 1. The van der Waals surface area contributed by atoms with Gasteiger partial charge in [0, 0.05) is 44.9 Å². The van der Waals surface area contributed by atoms with Crippen LogP contribution in [0.5, 0.6) is 0 Å². The lowest BCUT2D eigenvalue weighted by Gasteiger charge is -2.28. The standard InChI is InChI=1S/C63H51N9/c1-61(2)64-48-24-17-27-53(58(48)67-61)72(54-34-30-42(56-59(54)68-62(3,4)65-56)38-28-32-51-46(36-38)44-22-13-15-25-49(44)70(51)40-18-9-7-10-19-40)55-35-31-43(57-60(55)69-63(5,6)66-57)39-29-33-52-47(37-39)45-23-14-16-26-50(45)71(52)41-20-11-8-12-21-41/h7-37,44,49H,1-6H3. The minimum atomic E-state index is -0.716. The molecule has 72 heavy (non-hydrogen) atoms. The molecule has 1 aliphatic carbocycles. The molecule has 14 rings (SSSR count). The van der Waals surface area contributed by atoms with Crippen LogP contribution in [0, 0.1) is 0 Å². The Morgan fingerprint density at radius 1 is 0.431 bits per heavy atom. The Morgan fingerprint density at radius 3 is 1.69 bits per heavy atom. The molecule has 0 bridgehead atoms. The number of para-hydroxylation sites is 4. The normalized spacial score (nSPS) is 18.7. The van der Waals surface area contributed by atoms with E-state index in [1.165, 1.54) is 33.2 Å². The van der Waals surface area contributed by atoms with Crippen LogP contribution in [-0.2, 0) is 0 Å². The molecule has 9 nitrogen and oxygen atoms in total. The summed E-state index contributed by atoms with van der Waals surface area (Å²) in [4.78, 5) is 36.9. The van der Waals surface area contributed by atoms with Crippen LogP contribution in [-0.4, -0.2) is 27.6 Å². The van der Waals surface area contributed by atoms with E-state index in [-0.39, 0.29) is 12.0 Å². The van der Waals surface area contributed by atoms with E-state index >= 15 is 0 Å². The largest absolute Gasteiger partial charge is 0.333 e. The predicted molar refractivity (Wildman–Crippen MR) is 289 cm³/mol. The lowest BCUT2D eigenvalue weighted by molar-refractivity contribution is 0.549. The monoisotopic (exact) mass is 933 g/mol. The fourth-order valence-electron chi connectivity index (χ4n) is 11.8. The molecule has 0 spiro atoms. The molecule has 9 aromatic rings. The van der Waals surface area contributed by atoms with Gasteiger partial charge >= 0.3 is 0 Å². The van der Waals surface area contributed by atoms with Gasteiger partial charge in [0.25, 0.3) is 0 Å². The van der Waals surface area contributed by atoms with E-state index in [4.69, 9.17) is 30.0 Å². The first-order valence-electron chi connectivity index (χ1n) is 25.0. The minimum Gasteiger partial charge on any atom is -0.333 e. The van der Waals surface area contributed by atoms with Crippen LogP contribution in [0.3, 0.4) is 0 Å². The Labute approximate surface area is 417 Å². The van der Waals surface area contributed by atoms with E-state index < -0.39 is 17.0 Å². The maximum atomic E-state index is 5.47. The number of fused-ring (bicyclic) bond motifs is 9. The fraction of sp³-hybridized carbons (Fsp3) is 0.175. The number of benzene rings is 8. The van der Waals surface area contributed by atoms with Crippen molar-refractivity contribution in [1.82, 2.24) is 4.57 Å². The molecular formula is C63H51N9. The molecule has 0 radical (unpaired) electrons. The number of anilines is 5. The molecule has 2 atom stereocenters. The molecule has 9 heteroatoms. The number of nitrogens with zero attached hydrogens (tertiary/aromatic N) is 9. The predicted octanol–water partition coefficient (Wildman–Crippen LogP) is 11.3. The molecule has 2 unspecified atom stereocenters. The van der Waals surface area contributed by atoms with Crippen molar-refractivity contribution in [3.63, 3.8) is 0 Å². The van der Waals surface area contributed by atoms with E-state index in [0.29, 0.717) is 0 Å². The molecule has 0 saturated carbocycles. The van der Waals surface area contributed by atoms with Gasteiger partial charge < -0.3 is 14.4 Å². The average Bonchev–Trinajstić information content (AvgIpc) is 4.17. The van der Waals surface area contributed by atoms with Crippen LogP contribution in [0.2, 0.25) is 0 Å². The summed E-state index contributed by atoms with van der Waals surface area (Å²) in [6.45, 7) is 12.4. The van der Waals surface area contributed by atoms with Gasteiger partial charge in [-0.2, -0.15) is 0 Å². The zero-order valence-electron chi connectivity index (χ0n) is 41.1. The number of hydrogen-bond donors (Lipinski definition) is 0. The molecule has 8 aromatic carbocycles. The van der Waals surface area contributed by atoms with Crippen LogP contribution < -0.4 is 41.9 Å². The minimum absolute atomic E-state index is 0.192. The zero-order valence-corrected chi connectivity index (χ0v) is 41.1. The van der Waals surface area contributed by atoms with Gasteiger partial charge in [-0.05, 0) is 149 Å². The number of allylic oxidation sites excluding steroid dienone is 2. The van der Waals surface area contributed by atoms with E-state index in [1.54, 1.807) is 0 Å². The van der Waals surface area contributed by atoms with Crippen LogP contribution in [0.25, 0.3) is 49.7 Å². The molecule has 4 aliphatic heterocycles. The summed E-state index contributed by atoms with van der Waals surface area (Å²) in [6, 6.07) is 59.1. The van der Waals surface area contributed by atoms with Gasteiger partial charge in [-0.15, -0.1) is 0 Å². The Bertz CT molecular complexity index is 4280. The van der Waals surface area contributed by atoms with Crippen LogP contribution in [0.15, 0.2) is 218 Å². The summed E-state index contributed by atoms with van der Waals surface area (Å²) in [5, 5.41) is 7.41. The Hall–Kier alpha value is -8.56. The highest BCUT2D eigenvalue weighted by Gasteiger charge is 2.38. The van der Waals surface area contributed by atoms with Crippen LogP contribution >= 0.6 is 0 Å². The lowest BCUT2D eigenvalue weighted by atomic mass is 9.89. The average molecular weight is 934 g/mol. The summed E-state index contributed by atoms with van der Waals surface area (Å²) in [7, 11) is 0. The SMILES string of the molecule is CC1(C)N=c2cccc(N(c3ccc(-c4ccc5c(c4)C4C=CC=CC4N5c4ccccc4)c4c3=NC(C)(C)N=4)c3ccc(-c4ccc5c(c4)c4ccccc4n5-c4ccccc4)c4c3=NC(C)(C)N=4)c2=N1. The van der Waals surface area contributed by atoms with Crippen LogP contribution in [0.4, 0.5) is 28.4 Å². The third-order valence-electron chi connectivity index (χ3n) is 14.7. The van der Waals surface area contributed by atoms with Gasteiger partial charge in [0.15, 0.2) is 0 Å². The molecule has 5 heterocycles. The third-order valence-corrected chi connectivity index (χ3v) is 14.7. The second kappa shape index (κ2) is 15.2. The second-order valence-corrected chi connectivity index (χ2v) is 21.0. The van der Waals surface area contributed by atoms with Crippen molar-refractivity contribution in [3.8, 4) is 27.9 Å². The first kappa shape index (κ1) is 42.3. The van der Waals surface area contributed by atoms with Gasteiger partial charge in [0.05, 0.1) is 50.2 Å². The highest BCUT2D eigenvalue weighted by molar-refractivity contribution is 6.10. The maximum absolute atomic E-state index is 5.47. The van der Waals surface area contributed by atoms with Crippen molar-refractivity contribution in [3.05, 3.63) is 226 Å². The van der Waals surface area contributed by atoms with Crippen molar-refractivity contribution in [2.75, 3.05) is 9.80 Å². The first-order chi connectivity index (χ1) is 34.9. The quantitative estimate of drug-likeness (QED) is 0.159. The van der Waals surface area contributed by atoms with Crippen molar-refractivity contribution < 1.29 is 0 Å². The summed E-state index contributed by atoms with van der Waals surface area (Å²) in [6.07, 6.45) is 9.02. The molecule has 0 N–H and O–H groups in total. The smallest absolute Gasteiger partial charge is 0.146 e. The van der Waals surface area contributed by atoms with Gasteiger partial charge in [-0.25, -0.2) is 0 Å². The summed E-state index contributed by atoms with van der Waals surface area (Å²) in [5.41, 5.74) is 12.0. The van der Waals surface area contributed by atoms with E-state index in [1.807, 2.05) is 0 Å². The highest BCUT2D eigenvalue weighted by Crippen LogP contribution is 2.49. The van der Waals surface area contributed by atoms with Crippen molar-refractivity contribution in [1.29, 1.82) is 0 Å². The van der Waals surface area contributed by atoms with Crippen molar-refractivity contribution in [2.24, 2.45) is 30.0 Å². The van der Waals surface area contributed by atoms with E-state index in [2.05, 4.69) is 244 Å². The van der Waals surface area contributed by atoms with E-state index in [0.717, 1.165) is 82.7 Å². The van der Waals surface area contributed by atoms with Crippen molar-refractivity contribution >= 4 is 50.2 Å². The number of rotatable bonds is 7. The third kappa shape index (κ3) is 6.53. The summed E-state index contributed by atoms with van der Waals surface area (Å²) >= 11 is 0. The molecule has 0 fully saturated rings. The topological polar surface area (TPSA) is 85.6 Å². The Balaban J connectivity index is 0.972. The second-order valence-electron chi connectivity index (χ2n) is 21.0. The summed E-state index contributed by atoms with van der Waals surface area (Å²) < 4.78 is 2.35. The van der Waals surface area contributed by atoms with Gasteiger partial charge in [0.1, 0.15) is 33.1 Å². The van der Waals surface area contributed by atoms with Crippen molar-refractivity contribution in [2.45, 2.75) is 70.5 Å². The molecule has 1 aromatic heterocycles. The molecule has 0 saturated heterocycles. The number of hydrogen-bond acceptors (Lipinski definition) is 8. The molecular weight excluding hydrogens is 883 g/mol. The van der Waals surface area contributed by atoms with Gasteiger partial charge in [0.2, 0.25) is 0 Å². The zero-order chi connectivity index (χ0) is 48.7. The van der Waals surface area contributed by atoms with Crippen LogP contribution in [0.1, 0.15) is 53.0 Å². The molecule has 348 valence electrons. The van der Waals surface area contributed by atoms with Gasteiger partial charge in [-0.1, -0.05) is 97.1 Å². The first-order valence-corrected chi connectivity index (χ1v) is 25.0. The lowest BCUT2D eigenvalue weighted by Crippen LogP contribution is -2.38. The van der Waals surface area contributed by atoms with Gasteiger partial charge in [-0.3, -0.25) is 30.0 Å². The summed E-state index contributed by atoms with van der Waals surface area (Å²) in [5.74, 6) is 0.213. The Kier molecular flexibility index (Phi) is 8.95.